The summed E-state index contributed by atoms with van der Waals surface area (Å²) in [5.74, 6) is 0.629. The number of allylic oxidation sites excluding steroid dienone is 2. The molecular weight excluding hydrogens is 142 g/mol. The Balaban J connectivity index is 2.17. The fourth-order valence-corrected chi connectivity index (χ4v) is 1.04. The van der Waals surface area contributed by atoms with Crippen LogP contribution in [-0.2, 0) is 4.74 Å². The Bertz CT molecular complexity index is 168. The molecule has 0 amide bonds. The van der Waals surface area contributed by atoms with Gasteiger partial charge in [0, 0.05) is 12.8 Å². The van der Waals surface area contributed by atoms with Crippen molar-refractivity contribution in [3.63, 3.8) is 0 Å². The van der Waals surface area contributed by atoms with E-state index in [9.17, 15) is 4.39 Å². The fourth-order valence-electron chi connectivity index (χ4n) is 1.04. The molecule has 1 aliphatic rings. The first-order chi connectivity index (χ1) is 5.22. The molecule has 0 radical (unpaired) electrons. The van der Waals surface area contributed by atoms with E-state index in [1.54, 1.807) is 6.08 Å². The Hall–Kier alpha value is -0.790. The second-order valence-electron chi connectivity index (χ2n) is 2.77. The maximum Gasteiger partial charge on any atom is 0.112 e. The average Bonchev–Trinajstić information content (AvgIpc) is 1.85. The van der Waals surface area contributed by atoms with E-state index < -0.39 is 6.17 Å². The number of rotatable bonds is 3. The second-order valence-corrected chi connectivity index (χ2v) is 2.77. The SMILES string of the molecule is C=C(C=CC)OC1CC([18F])C1. The van der Waals surface area contributed by atoms with E-state index in [1.807, 2.05) is 13.0 Å². The highest BCUT2D eigenvalue weighted by molar-refractivity contribution is 5.07. The van der Waals surface area contributed by atoms with Crippen LogP contribution in [0.3, 0.4) is 0 Å². The van der Waals surface area contributed by atoms with Crippen LogP contribution in [0.2, 0.25) is 0 Å². The zero-order chi connectivity index (χ0) is 8.27. The molecule has 0 atom stereocenters. The van der Waals surface area contributed by atoms with Crippen molar-refractivity contribution in [2.75, 3.05) is 0 Å². The van der Waals surface area contributed by atoms with Gasteiger partial charge < -0.3 is 4.74 Å². The highest BCUT2D eigenvalue weighted by Gasteiger charge is 2.30. The molecule has 1 saturated carbocycles. The molecule has 0 aromatic heterocycles. The van der Waals surface area contributed by atoms with Crippen LogP contribution in [0.5, 0.6) is 0 Å². The van der Waals surface area contributed by atoms with Crippen LogP contribution in [-0.4, -0.2) is 12.3 Å². The van der Waals surface area contributed by atoms with Gasteiger partial charge in [-0.1, -0.05) is 12.7 Å². The van der Waals surface area contributed by atoms with Crippen LogP contribution in [0.25, 0.3) is 0 Å². The van der Waals surface area contributed by atoms with Gasteiger partial charge in [0.1, 0.15) is 18.0 Å². The Morgan fingerprint density at radius 3 is 2.73 bits per heavy atom. The third-order valence-electron chi connectivity index (χ3n) is 1.71. The molecule has 62 valence electrons. The van der Waals surface area contributed by atoms with Gasteiger partial charge in [-0.25, -0.2) is 4.39 Å². The molecule has 0 aromatic rings. The Morgan fingerprint density at radius 1 is 1.64 bits per heavy atom. The minimum absolute atomic E-state index is 0.0636. The number of hydrogen-bond donors (Lipinski definition) is 0. The molecular formula is C9H13FO. The van der Waals surface area contributed by atoms with Gasteiger partial charge in [0.05, 0.1) is 0 Å². The topological polar surface area (TPSA) is 9.23 Å². The monoisotopic (exact) mass is 155 g/mol. The first kappa shape index (κ1) is 8.31. The van der Waals surface area contributed by atoms with Crippen LogP contribution in [0.4, 0.5) is 4.39 Å². The molecule has 0 aliphatic heterocycles. The number of hydrogen-bond acceptors (Lipinski definition) is 1. The van der Waals surface area contributed by atoms with Gasteiger partial charge in [-0.15, -0.1) is 0 Å². The lowest BCUT2D eigenvalue weighted by atomic mass is 9.93. The molecule has 0 aromatic carbocycles. The van der Waals surface area contributed by atoms with Crippen molar-refractivity contribution in [2.24, 2.45) is 0 Å². The lowest BCUT2D eigenvalue weighted by Gasteiger charge is -2.30. The zero-order valence-corrected chi connectivity index (χ0v) is 6.72. The Morgan fingerprint density at radius 2 is 2.27 bits per heavy atom. The fraction of sp³-hybridized carbons (Fsp3) is 0.556. The molecule has 1 aliphatic carbocycles. The molecule has 0 unspecified atom stereocenters. The molecule has 1 nitrogen and oxygen atoms in total. The summed E-state index contributed by atoms with van der Waals surface area (Å²) in [5.41, 5.74) is 0. The molecule has 0 saturated heterocycles. The molecule has 0 spiro atoms. The molecule has 0 bridgehead atoms. The summed E-state index contributed by atoms with van der Waals surface area (Å²) in [7, 11) is 0. The summed E-state index contributed by atoms with van der Waals surface area (Å²) in [6.45, 7) is 5.56. The van der Waals surface area contributed by atoms with Crippen LogP contribution in [0, 0.1) is 0 Å². The van der Waals surface area contributed by atoms with Crippen LogP contribution < -0.4 is 0 Å². The van der Waals surface area contributed by atoms with Gasteiger partial charge in [-0.05, 0) is 13.0 Å². The number of halogens is 1. The van der Waals surface area contributed by atoms with E-state index in [4.69, 9.17) is 4.74 Å². The molecule has 0 heterocycles. The zero-order valence-electron chi connectivity index (χ0n) is 6.72. The van der Waals surface area contributed by atoms with Crippen molar-refractivity contribution in [2.45, 2.75) is 32.0 Å². The third kappa shape index (κ3) is 2.37. The summed E-state index contributed by atoms with van der Waals surface area (Å²) >= 11 is 0. The molecule has 0 N–H and O–H groups in total. The Labute approximate surface area is 66.6 Å². The predicted octanol–water partition coefficient (Wildman–Crippen LogP) is 2.59. The number of alkyl halides is 1. The van der Waals surface area contributed by atoms with Gasteiger partial charge in [0.2, 0.25) is 0 Å². The number of ether oxygens (including phenoxy) is 1. The smallest absolute Gasteiger partial charge is 0.112 e. The highest BCUT2D eigenvalue weighted by atomic mass is 18.2. The van der Waals surface area contributed by atoms with E-state index >= 15 is 0 Å². The van der Waals surface area contributed by atoms with Gasteiger partial charge in [0.15, 0.2) is 0 Å². The first-order valence-electron chi connectivity index (χ1n) is 3.84. The van der Waals surface area contributed by atoms with E-state index in [0.717, 1.165) is 0 Å². The van der Waals surface area contributed by atoms with Crippen LogP contribution in [0.1, 0.15) is 19.8 Å². The van der Waals surface area contributed by atoms with E-state index in [0.29, 0.717) is 18.6 Å². The summed E-state index contributed by atoms with van der Waals surface area (Å²) in [5, 5.41) is 0. The minimum atomic E-state index is -0.654. The third-order valence-corrected chi connectivity index (χ3v) is 1.71. The van der Waals surface area contributed by atoms with E-state index in [1.165, 1.54) is 0 Å². The van der Waals surface area contributed by atoms with E-state index in [-0.39, 0.29) is 6.10 Å². The first-order valence-corrected chi connectivity index (χ1v) is 3.84. The molecule has 11 heavy (non-hydrogen) atoms. The summed E-state index contributed by atoms with van der Waals surface area (Å²) in [4.78, 5) is 0. The maximum absolute atomic E-state index is 12.3. The van der Waals surface area contributed by atoms with Crippen molar-refractivity contribution in [1.29, 1.82) is 0 Å². The van der Waals surface area contributed by atoms with Gasteiger partial charge >= 0.3 is 0 Å². The van der Waals surface area contributed by atoms with Crippen molar-refractivity contribution >= 4 is 0 Å². The van der Waals surface area contributed by atoms with Crippen LogP contribution in [0.15, 0.2) is 24.5 Å². The van der Waals surface area contributed by atoms with Crippen molar-refractivity contribution in [3.05, 3.63) is 24.5 Å². The molecule has 1 rings (SSSR count). The highest BCUT2D eigenvalue weighted by Crippen LogP contribution is 2.27. The van der Waals surface area contributed by atoms with Gasteiger partial charge in [0.25, 0.3) is 0 Å². The summed E-state index contributed by atoms with van der Waals surface area (Å²) in [6, 6.07) is 0. The quantitative estimate of drug-likeness (QED) is 0.449. The largest absolute Gasteiger partial charge is 0.491 e. The summed E-state index contributed by atoms with van der Waals surface area (Å²) < 4.78 is 17.6. The normalized spacial score (nSPS) is 30.0. The lowest BCUT2D eigenvalue weighted by Crippen LogP contribution is -2.31. The second kappa shape index (κ2) is 3.56. The van der Waals surface area contributed by atoms with Crippen molar-refractivity contribution in [3.8, 4) is 0 Å². The Kier molecular flexibility index (Phi) is 2.69. The molecule has 1 fully saturated rings. The standard InChI is InChI=1S/C9H13FO/c1-3-4-7(2)11-9-5-8(10)6-9/h3-4,8-9H,2,5-6H2,1H3/i10-1. The lowest BCUT2D eigenvalue weighted by molar-refractivity contribution is 0.000434. The van der Waals surface area contributed by atoms with Crippen molar-refractivity contribution in [1.82, 2.24) is 0 Å². The summed E-state index contributed by atoms with van der Waals surface area (Å²) in [6.07, 6.45) is 4.10. The average molecular weight is 155 g/mol. The molecule has 2 heteroatoms. The maximum atomic E-state index is 12.3. The minimum Gasteiger partial charge on any atom is -0.491 e. The van der Waals surface area contributed by atoms with Crippen LogP contribution >= 0.6 is 0 Å². The van der Waals surface area contributed by atoms with E-state index in [2.05, 4.69) is 6.58 Å². The predicted molar refractivity (Wildman–Crippen MR) is 43.0 cm³/mol. The van der Waals surface area contributed by atoms with Gasteiger partial charge in [-0.2, -0.15) is 0 Å². The van der Waals surface area contributed by atoms with Crippen molar-refractivity contribution < 1.29 is 9.13 Å². The van der Waals surface area contributed by atoms with Gasteiger partial charge in [-0.3, -0.25) is 0 Å².